The van der Waals surface area contributed by atoms with E-state index in [1.54, 1.807) is 12.1 Å². The Kier molecular flexibility index (Phi) is 6.01. The third kappa shape index (κ3) is 5.19. The zero-order valence-corrected chi connectivity index (χ0v) is 13.3. The van der Waals surface area contributed by atoms with E-state index in [9.17, 15) is 14.3 Å². The largest absolute Gasteiger partial charge is 0.480 e. The van der Waals surface area contributed by atoms with Gasteiger partial charge in [0.15, 0.2) is 0 Å². The molecule has 2 rings (SSSR count). The maximum atomic E-state index is 12.8. The number of carboxylic acids is 1. The van der Waals surface area contributed by atoms with Crippen LogP contribution in [0.25, 0.3) is 0 Å². The number of hydrogen-bond acceptors (Lipinski definition) is 2. The van der Waals surface area contributed by atoms with Gasteiger partial charge in [-0.25, -0.2) is 4.39 Å². The summed E-state index contributed by atoms with van der Waals surface area (Å²) in [6.07, 6.45) is 1.26. The van der Waals surface area contributed by atoms with Crippen LogP contribution in [0.4, 0.5) is 4.39 Å². The van der Waals surface area contributed by atoms with Crippen LogP contribution in [0.3, 0.4) is 0 Å². The number of hydrogen-bond donors (Lipinski definition) is 1. The molecule has 0 aliphatic carbocycles. The van der Waals surface area contributed by atoms with E-state index in [-0.39, 0.29) is 5.82 Å². The fourth-order valence-electron chi connectivity index (χ4n) is 2.13. The van der Waals surface area contributed by atoms with Gasteiger partial charge in [-0.3, -0.25) is 4.79 Å². The van der Waals surface area contributed by atoms with Crippen molar-refractivity contribution in [3.05, 3.63) is 71.0 Å². The number of aryl methyl sites for hydroxylation is 2. The van der Waals surface area contributed by atoms with Gasteiger partial charge in [0.2, 0.25) is 0 Å². The van der Waals surface area contributed by atoms with E-state index in [0.29, 0.717) is 12.2 Å². The second-order valence-corrected chi connectivity index (χ2v) is 6.57. The van der Waals surface area contributed by atoms with Crippen molar-refractivity contribution in [2.75, 3.05) is 5.75 Å². The molecule has 0 aromatic heterocycles. The van der Waals surface area contributed by atoms with E-state index >= 15 is 0 Å². The maximum Gasteiger partial charge on any atom is 0.316 e. The fraction of sp³-hybridized carbons (Fsp3) is 0.278. The van der Waals surface area contributed by atoms with Crippen LogP contribution >= 0.6 is 11.8 Å². The summed E-state index contributed by atoms with van der Waals surface area (Å²) in [5.74, 6) is -0.335. The van der Waals surface area contributed by atoms with Gasteiger partial charge in [-0.2, -0.15) is 0 Å². The number of rotatable bonds is 7. The molecule has 0 saturated carbocycles. The van der Waals surface area contributed by atoms with Crippen LogP contribution < -0.4 is 0 Å². The number of carboxylic acid groups (broad SMARTS) is 1. The quantitative estimate of drug-likeness (QED) is 0.835. The Morgan fingerprint density at radius 3 is 2.27 bits per heavy atom. The Hall–Kier alpha value is -1.81. The summed E-state index contributed by atoms with van der Waals surface area (Å²) in [5, 5.41) is 8.90. The van der Waals surface area contributed by atoms with Gasteiger partial charge in [-0.1, -0.05) is 42.0 Å². The minimum Gasteiger partial charge on any atom is -0.480 e. The molecule has 0 aliphatic heterocycles. The minimum absolute atomic E-state index is 0.251. The lowest BCUT2D eigenvalue weighted by Crippen LogP contribution is -2.20. The molecule has 22 heavy (non-hydrogen) atoms. The third-order valence-electron chi connectivity index (χ3n) is 3.44. The van der Waals surface area contributed by atoms with Gasteiger partial charge in [-0.15, -0.1) is 11.8 Å². The molecule has 0 spiro atoms. The molecule has 1 unspecified atom stereocenters. The number of carbonyl (C=O) groups is 1. The first-order valence-corrected chi connectivity index (χ1v) is 8.24. The van der Waals surface area contributed by atoms with Crippen LogP contribution in [0.5, 0.6) is 0 Å². The second kappa shape index (κ2) is 7.99. The van der Waals surface area contributed by atoms with E-state index in [1.165, 1.54) is 29.5 Å². The van der Waals surface area contributed by atoms with E-state index in [1.807, 2.05) is 31.2 Å². The molecule has 0 saturated heterocycles. The first kappa shape index (κ1) is 16.6. The smallest absolute Gasteiger partial charge is 0.316 e. The molecular formula is C18H19FO2S. The molecule has 0 radical (unpaired) electrons. The normalized spacial score (nSPS) is 12.1. The molecule has 2 aromatic carbocycles. The molecule has 1 N–H and O–H groups in total. The third-order valence-corrected chi connectivity index (χ3v) is 4.65. The lowest BCUT2D eigenvalue weighted by atomic mass is 10.1. The lowest BCUT2D eigenvalue weighted by molar-refractivity contribution is -0.136. The van der Waals surface area contributed by atoms with Crippen molar-refractivity contribution in [1.29, 1.82) is 0 Å². The highest BCUT2D eigenvalue weighted by Gasteiger charge is 2.18. The van der Waals surface area contributed by atoms with Crippen LogP contribution in [0, 0.1) is 12.7 Å². The van der Waals surface area contributed by atoms with Gasteiger partial charge in [0, 0.05) is 0 Å². The summed E-state index contributed by atoms with van der Waals surface area (Å²) in [4.78, 5) is 11.4. The highest BCUT2D eigenvalue weighted by Crippen LogP contribution is 2.19. The lowest BCUT2D eigenvalue weighted by Gasteiger charge is -2.12. The molecule has 2 nitrogen and oxygen atoms in total. The van der Waals surface area contributed by atoms with Crippen LogP contribution in [0.1, 0.15) is 16.7 Å². The average Bonchev–Trinajstić information content (AvgIpc) is 2.50. The minimum atomic E-state index is -0.787. The van der Waals surface area contributed by atoms with Crippen molar-refractivity contribution < 1.29 is 14.3 Å². The summed E-state index contributed by atoms with van der Waals surface area (Å²) in [7, 11) is 0. The number of benzene rings is 2. The summed E-state index contributed by atoms with van der Waals surface area (Å²) >= 11 is 1.43. The Morgan fingerprint density at radius 2 is 1.68 bits per heavy atom. The van der Waals surface area contributed by atoms with Crippen molar-refractivity contribution in [1.82, 2.24) is 0 Å². The zero-order valence-electron chi connectivity index (χ0n) is 12.5. The first-order chi connectivity index (χ1) is 10.5. The van der Waals surface area contributed by atoms with Crippen molar-refractivity contribution in [3.63, 3.8) is 0 Å². The van der Waals surface area contributed by atoms with Gasteiger partial charge >= 0.3 is 5.97 Å². The molecule has 1 atom stereocenters. The summed E-state index contributed by atoms with van der Waals surface area (Å²) in [6.45, 7) is 2.01. The van der Waals surface area contributed by atoms with Gasteiger partial charge in [0.1, 0.15) is 11.1 Å². The molecule has 2 aromatic rings. The van der Waals surface area contributed by atoms with Gasteiger partial charge < -0.3 is 5.11 Å². The van der Waals surface area contributed by atoms with Crippen molar-refractivity contribution in [3.8, 4) is 0 Å². The van der Waals surface area contributed by atoms with Gasteiger partial charge in [-0.05, 0) is 48.8 Å². The molecule has 0 bridgehead atoms. The van der Waals surface area contributed by atoms with Crippen LogP contribution in [0.2, 0.25) is 0 Å². The summed E-state index contributed by atoms with van der Waals surface area (Å²) < 4.78 is 12.8. The van der Waals surface area contributed by atoms with Crippen molar-refractivity contribution in [2.24, 2.45) is 0 Å². The predicted octanol–water partition coefficient (Wildman–Crippen LogP) is 4.11. The van der Waals surface area contributed by atoms with Crippen LogP contribution in [-0.4, -0.2) is 22.1 Å². The van der Waals surface area contributed by atoms with Crippen molar-refractivity contribution in [2.45, 2.75) is 25.0 Å². The van der Waals surface area contributed by atoms with E-state index in [0.717, 1.165) is 17.5 Å². The Balaban J connectivity index is 1.87. The summed E-state index contributed by atoms with van der Waals surface area (Å²) in [5.41, 5.74) is 3.22. The van der Waals surface area contributed by atoms with Crippen LogP contribution in [0.15, 0.2) is 48.5 Å². The maximum absolute atomic E-state index is 12.8. The zero-order chi connectivity index (χ0) is 15.9. The topological polar surface area (TPSA) is 37.3 Å². The Morgan fingerprint density at radius 1 is 1.09 bits per heavy atom. The highest BCUT2D eigenvalue weighted by molar-refractivity contribution is 8.00. The fourth-order valence-corrected chi connectivity index (χ4v) is 3.22. The molecule has 0 amide bonds. The molecule has 116 valence electrons. The van der Waals surface area contributed by atoms with Gasteiger partial charge in [0.25, 0.3) is 0 Å². The van der Waals surface area contributed by atoms with Crippen LogP contribution in [-0.2, 0) is 17.6 Å². The van der Waals surface area contributed by atoms with Crippen molar-refractivity contribution >= 4 is 17.7 Å². The molecule has 4 heteroatoms. The highest BCUT2D eigenvalue weighted by atomic mass is 32.2. The van der Waals surface area contributed by atoms with E-state index in [4.69, 9.17) is 0 Å². The predicted molar refractivity (Wildman–Crippen MR) is 88.9 cm³/mol. The van der Waals surface area contributed by atoms with E-state index < -0.39 is 11.2 Å². The SMILES string of the molecule is Cc1ccc(CC(SCCc2ccc(F)cc2)C(=O)O)cc1. The molecule has 0 fully saturated rings. The summed E-state index contributed by atoms with van der Waals surface area (Å²) in [6, 6.07) is 14.3. The number of halogens is 1. The molecular weight excluding hydrogens is 299 g/mol. The number of aliphatic carboxylic acids is 1. The average molecular weight is 318 g/mol. The standard InChI is InChI=1S/C18H19FO2S/c1-13-2-4-15(5-3-13)12-17(18(20)21)22-11-10-14-6-8-16(19)9-7-14/h2-9,17H,10-12H2,1H3,(H,20,21). The molecule has 0 heterocycles. The Bertz CT molecular complexity index is 608. The molecule has 0 aliphatic rings. The Labute approximate surface area is 134 Å². The first-order valence-electron chi connectivity index (χ1n) is 7.19. The second-order valence-electron chi connectivity index (χ2n) is 5.26. The van der Waals surface area contributed by atoms with Gasteiger partial charge in [0.05, 0.1) is 0 Å². The number of thioether (sulfide) groups is 1. The monoisotopic (exact) mass is 318 g/mol. The van der Waals surface area contributed by atoms with E-state index in [2.05, 4.69) is 0 Å².